The van der Waals surface area contributed by atoms with E-state index in [4.69, 9.17) is 16.3 Å². The van der Waals surface area contributed by atoms with Crippen LogP contribution in [0.1, 0.15) is 19.5 Å². The molecular formula is C18H19ClF4N4O6S. The van der Waals surface area contributed by atoms with Crippen LogP contribution in [0.15, 0.2) is 27.8 Å². The molecule has 1 heterocycles. The number of ether oxygens (including phenoxy) is 1. The molecule has 16 heteroatoms. The third-order valence-electron chi connectivity index (χ3n) is 4.47. The van der Waals surface area contributed by atoms with Gasteiger partial charge in [0, 0.05) is 33.3 Å². The van der Waals surface area contributed by atoms with Crippen molar-refractivity contribution in [2.24, 2.45) is 7.05 Å². The summed E-state index contributed by atoms with van der Waals surface area (Å²) in [4.78, 5) is 37.2. The fourth-order valence-corrected chi connectivity index (χ4v) is 3.39. The smallest absolute Gasteiger partial charge is 0.431 e. The number of rotatable bonds is 6. The quantitative estimate of drug-likeness (QED) is 0.564. The first-order valence-electron chi connectivity index (χ1n) is 9.13. The van der Waals surface area contributed by atoms with Gasteiger partial charge in [-0.15, -0.1) is 0 Å². The summed E-state index contributed by atoms with van der Waals surface area (Å²) >= 11 is 5.94. The van der Waals surface area contributed by atoms with Gasteiger partial charge in [-0.2, -0.15) is 25.9 Å². The van der Waals surface area contributed by atoms with E-state index in [1.807, 2.05) is 0 Å². The number of amides is 1. The minimum Gasteiger partial charge on any atom is -0.476 e. The van der Waals surface area contributed by atoms with Crippen molar-refractivity contribution in [3.05, 3.63) is 55.6 Å². The largest absolute Gasteiger partial charge is 0.476 e. The lowest BCUT2D eigenvalue weighted by molar-refractivity contribution is -0.144. The Morgan fingerprint density at radius 2 is 1.71 bits per heavy atom. The predicted molar refractivity (Wildman–Crippen MR) is 113 cm³/mol. The average Bonchev–Trinajstić information content (AvgIpc) is 2.66. The zero-order chi connectivity index (χ0) is 26.4. The van der Waals surface area contributed by atoms with Crippen LogP contribution < -0.4 is 20.7 Å². The van der Waals surface area contributed by atoms with Crippen molar-refractivity contribution in [2.75, 3.05) is 14.1 Å². The number of nitrogens with zero attached hydrogens (tertiary/aromatic N) is 3. The molecule has 0 atom stereocenters. The van der Waals surface area contributed by atoms with Crippen LogP contribution in [0.5, 0.6) is 5.75 Å². The Kier molecular flexibility index (Phi) is 7.26. The van der Waals surface area contributed by atoms with E-state index in [0.29, 0.717) is 6.07 Å². The molecule has 2 aromatic rings. The Hall–Kier alpha value is -2.91. The molecule has 0 aliphatic rings. The summed E-state index contributed by atoms with van der Waals surface area (Å²) in [7, 11) is -1.13. The summed E-state index contributed by atoms with van der Waals surface area (Å²) < 4.78 is 85.7. The van der Waals surface area contributed by atoms with Gasteiger partial charge in [-0.3, -0.25) is 14.2 Å². The monoisotopic (exact) mass is 530 g/mol. The van der Waals surface area contributed by atoms with Gasteiger partial charge in [0.1, 0.15) is 17.3 Å². The van der Waals surface area contributed by atoms with Crippen molar-refractivity contribution in [3.63, 3.8) is 0 Å². The number of halogens is 5. The van der Waals surface area contributed by atoms with Crippen LogP contribution in [0.3, 0.4) is 0 Å². The van der Waals surface area contributed by atoms with Crippen LogP contribution in [-0.2, 0) is 28.2 Å². The molecule has 0 radical (unpaired) electrons. The fraction of sp³-hybridized carbons (Fsp3) is 0.389. The molecule has 10 nitrogen and oxygen atoms in total. The van der Waals surface area contributed by atoms with Gasteiger partial charge in [0.15, 0.2) is 5.60 Å². The van der Waals surface area contributed by atoms with Crippen molar-refractivity contribution >= 4 is 27.7 Å². The van der Waals surface area contributed by atoms with Crippen LogP contribution >= 0.6 is 11.6 Å². The Morgan fingerprint density at radius 3 is 2.21 bits per heavy atom. The SMILES string of the molecule is CN(C)S(=O)(=O)NC(=O)C(C)(C)Oc1cc(-n2c(=O)cc(C(F)(F)F)n(C)c2=O)c(F)cc1Cl. The lowest BCUT2D eigenvalue weighted by atomic mass is 10.1. The first-order valence-corrected chi connectivity index (χ1v) is 10.9. The highest BCUT2D eigenvalue weighted by atomic mass is 35.5. The summed E-state index contributed by atoms with van der Waals surface area (Å²) in [6.45, 7) is 2.30. The number of hydrogen-bond donors (Lipinski definition) is 1. The third-order valence-corrected chi connectivity index (χ3v) is 6.17. The Morgan fingerprint density at radius 1 is 1.15 bits per heavy atom. The summed E-state index contributed by atoms with van der Waals surface area (Å²) in [6, 6.07) is 1.45. The minimum absolute atomic E-state index is 0.111. The highest BCUT2D eigenvalue weighted by molar-refractivity contribution is 7.87. The molecule has 1 aromatic carbocycles. The highest BCUT2D eigenvalue weighted by Crippen LogP contribution is 2.32. The van der Waals surface area contributed by atoms with Crippen molar-refractivity contribution in [2.45, 2.75) is 25.6 Å². The number of hydrogen-bond acceptors (Lipinski definition) is 6. The second-order valence-electron chi connectivity index (χ2n) is 7.61. The summed E-state index contributed by atoms with van der Waals surface area (Å²) in [5.41, 5.74) is -7.30. The Balaban J connectivity index is 2.60. The minimum atomic E-state index is -5.02. The molecule has 188 valence electrons. The number of carbonyl (C=O) groups excluding carboxylic acids is 1. The number of carbonyl (C=O) groups is 1. The van der Waals surface area contributed by atoms with Gasteiger partial charge in [0.25, 0.3) is 11.5 Å². The van der Waals surface area contributed by atoms with Crippen LogP contribution in [-0.4, -0.2) is 47.5 Å². The lowest BCUT2D eigenvalue weighted by Gasteiger charge is -2.26. The van der Waals surface area contributed by atoms with Gasteiger partial charge in [-0.05, 0) is 19.9 Å². The van der Waals surface area contributed by atoms with Crippen molar-refractivity contribution < 1.29 is 35.5 Å². The molecule has 0 aliphatic carbocycles. The molecule has 1 aromatic heterocycles. The highest BCUT2D eigenvalue weighted by Gasteiger charge is 2.36. The molecule has 0 saturated carbocycles. The van der Waals surface area contributed by atoms with E-state index in [2.05, 4.69) is 0 Å². The number of alkyl halides is 3. The van der Waals surface area contributed by atoms with E-state index in [0.717, 1.165) is 45.4 Å². The maximum atomic E-state index is 14.6. The van der Waals surface area contributed by atoms with E-state index in [9.17, 15) is 40.4 Å². The molecule has 1 N–H and O–H groups in total. The first kappa shape index (κ1) is 27.3. The molecule has 0 unspecified atom stereocenters. The van der Waals surface area contributed by atoms with E-state index < -0.39 is 67.1 Å². The normalized spacial score (nSPS) is 12.7. The van der Waals surface area contributed by atoms with Gasteiger partial charge >= 0.3 is 22.1 Å². The van der Waals surface area contributed by atoms with Crippen molar-refractivity contribution in [3.8, 4) is 11.4 Å². The molecule has 0 spiro atoms. The summed E-state index contributed by atoms with van der Waals surface area (Å²) in [5.74, 6) is -2.87. The van der Waals surface area contributed by atoms with Crippen LogP contribution in [0.25, 0.3) is 5.69 Å². The van der Waals surface area contributed by atoms with Crippen LogP contribution in [0, 0.1) is 5.82 Å². The van der Waals surface area contributed by atoms with E-state index in [1.165, 1.54) is 0 Å². The van der Waals surface area contributed by atoms with Gasteiger partial charge in [0.2, 0.25) is 0 Å². The van der Waals surface area contributed by atoms with E-state index in [1.54, 1.807) is 4.72 Å². The Labute approximate surface area is 195 Å². The van der Waals surface area contributed by atoms with Gasteiger partial charge in [-0.25, -0.2) is 18.5 Å². The first-order chi connectivity index (χ1) is 15.3. The fourth-order valence-electron chi connectivity index (χ4n) is 2.54. The number of benzene rings is 1. The van der Waals surface area contributed by atoms with Gasteiger partial charge < -0.3 is 4.74 Å². The van der Waals surface area contributed by atoms with Crippen molar-refractivity contribution in [1.29, 1.82) is 0 Å². The van der Waals surface area contributed by atoms with Crippen LogP contribution in [0.4, 0.5) is 17.6 Å². The average molecular weight is 531 g/mol. The maximum absolute atomic E-state index is 14.6. The van der Waals surface area contributed by atoms with E-state index in [-0.39, 0.29) is 15.2 Å². The Bertz CT molecular complexity index is 1370. The number of nitrogens with one attached hydrogen (secondary N) is 1. The summed E-state index contributed by atoms with van der Waals surface area (Å²) in [5, 5.41) is -0.436. The topological polar surface area (TPSA) is 120 Å². The second-order valence-corrected chi connectivity index (χ2v) is 9.90. The molecule has 2 rings (SSSR count). The zero-order valence-electron chi connectivity index (χ0n) is 18.3. The molecular weight excluding hydrogens is 512 g/mol. The summed E-state index contributed by atoms with van der Waals surface area (Å²) in [6.07, 6.45) is -5.02. The molecule has 34 heavy (non-hydrogen) atoms. The zero-order valence-corrected chi connectivity index (χ0v) is 19.9. The molecule has 0 saturated heterocycles. The molecule has 0 fully saturated rings. The standard InChI is InChI=1S/C18H19ClF4N4O6S/c1-17(2,15(29)24-34(31,32)25(3)4)33-12-7-11(10(20)6-9(12)19)27-14(28)8-13(18(21,22)23)26(5)16(27)30/h6-8H,1-5H3,(H,24,29). The van der Waals surface area contributed by atoms with Crippen LogP contribution in [0.2, 0.25) is 5.02 Å². The number of aromatic nitrogens is 2. The van der Waals surface area contributed by atoms with E-state index >= 15 is 0 Å². The molecule has 0 aliphatic heterocycles. The molecule has 1 amide bonds. The second kappa shape index (κ2) is 9.03. The lowest BCUT2D eigenvalue weighted by Crippen LogP contribution is -2.51. The predicted octanol–water partition coefficient (Wildman–Crippen LogP) is 1.43. The van der Waals surface area contributed by atoms with Crippen molar-refractivity contribution in [1.82, 2.24) is 18.2 Å². The van der Waals surface area contributed by atoms with Gasteiger partial charge in [0.05, 0.1) is 10.7 Å². The maximum Gasteiger partial charge on any atom is 0.431 e. The third kappa shape index (κ3) is 5.42. The molecule has 0 bridgehead atoms. The van der Waals surface area contributed by atoms with Gasteiger partial charge in [-0.1, -0.05) is 11.6 Å².